The molecule has 9 heteroatoms. The molecule has 0 spiro atoms. The number of halogens is 3. The summed E-state index contributed by atoms with van der Waals surface area (Å²) in [6.07, 6.45) is -5.61. The number of carboxylic acids is 1. The molecule has 0 bridgehead atoms. The number of hydrogen-bond acceptors (Lipinski definition) is 4. The van der Waals surface area contributed by atoms with Crippen molar-refractivity contribution in [3.05, 3.63) is 29.3 Å². The zero-order valence-electron chi connectivity index (χ0n) is 15.6. The lowest BCUT2D eigenvalue weighted by Gasteiger charge is -2.24. The van der Waals surface area contributed by atoms with Crippen LogP contribution in [0.5, 0.6) is 5.75 Å². The van der Waals surface area contributed by atoms with Crippen molar-refractivity contribution in [2.24, 2.45) is 0 Å². The number of amides is 1. The maximum absolute atomic E-state index is 13.3. The number of para-hydroxylation sites is 1. The van der Waals surface area contributed by atoms with Gasteiger partial charge in [-0.15, -0.1) is 0 Å². The Hall–Kier alpha value is -2.45. The van der Waals surface area contributed by atoms with E-state index in [0.29, 0.717) is 0 Å². The quantitative estimate of drug-likeness (QED) is 0.667. The van der Waals surface area contributed by atoms with Gasteiger partial charge in [-0.25, -0.2) is 4.79 Å². The van der Waals surface area contributed by atoms with Crippen LogP contribution in [0.15, 0.2) is 18.2 Å². The summed E-state index contributed by atoms with van der Waals surface area (Å²) < 4.78 is 50.4. The molecule has 1 unspecified atom stereocenters. The predicted octanol–water partition coefficient (Wildman–Crippen LogP) is 4.53. The topological polar surface area (TPSA) is 84.9 Å². The number of carbonyl (C=O) groups excluding carboxylic acids is 1. The summed E-state index contributed by atoms with van der Waals surface area (Å²) in [7, 11) is 0. The number of ether oxygens (including phenoxy) is 2. The highest BCUT2D eigenvalue weighted by atomic mass is 19.4. The summed E-state index contributed by atoms with van der Waals surface area (Å²) in [5.41, 5.74) is -1.63. The summed E-state index contributed by atoms with van der Waals surface area (Å²) in [5.74, 6) is -1.50. The maximum atomic E-state index is 13.3. The zero-order chi connectivity index (χ0) is 20.8. The van der Waals surface area contributed by atoms with Crippen LogP contribution in [0.3, 0.4) is 0 Å². The molecule has 0 radical (unpaired) electrons. The van der Waals surface area contributed by atoms with Crippen LogP contribution in [-0.4, -0.2) is 29.4 Å². The number of hydrogen-bond donors (Lipinski definition) is 2. The Morgan fingerprint density at radius 1 is 1.22 bits per heavy atom. The fraction of sp³-hybridized carbons (Fsp3) is 0.556. The van der Waals surface area contributed by atoms with E-state index in [0.717, 1.165) is 6.07 Å². The first-order valence-electron chi connectivity index (χ1n) is 8.35. The molecule has 0 heterocycles. The van der Waals surface area contributed by atoms with Crippen LogP contribution in [0.1, 0.15) is 57.7 Å². The van der Waals surface area contributed by atoms with Crippen LogP contribution in [-0.2, 0) is 15.7 Å². The van der Waals surface area contributed by atoms with Crippen LogP contribution in [0, 0.1) is 0 Å². The zero-order valence-corrected chi connectivity index (χ0v) is 15.6. The van der Waals surface area contributed by atoms with E-state index in [-0.39, 0.29) is 25.0 Å². The smallest absolute Gasteiger partial charge is 0.419 e. The summed E-state index contributed by atoms with van der Waals surface area (Å²) in [6, 6.07) is 2.67. The van der Waals surface area contributed by atoms with Gasteiger partial charge in [-0.2, -0.15) is 13.2 Å². The van der Waals surface area contributed by atoms with Gasteiger partial charge in [0, 0.05) is 12.0 Å². The Balaban J connectivity index is 3.06. The third kappa shape index (κ3) is 7.76. The van der Waals surface area contributed by atoms with E-state index in [2.05, 4.69) is 5.32 Å². The monoisotopic (exact) mass is 391 g/mol. The Morgan fingerprint density at radius 3 is 2.37 bits per heavy atom. The Kier molecular flexibility index (Phi) is 7.50. The minimum Gasteiger partial charge on any atom is -0.493 e. The lowest BCUT2D eigenvalue weighted by Crippen LogP contribution is -2.34. The van der Waals surface area contributed by atoms with Crippen molar-refractivity contribution in [3.63, 3.8) is 0 Å². The first-order valence-corrected chi connectivity index (χ1v) is 8.35. The lowest BCUT2D eigenvalue weighted by atomic mass is 10.0. The second kappa shape index (κ2) is 8.96. The molecule has 2 N–H and O–H groups in total. The molecule has 1 rings (SSSR count). The van der Waals surface area contributed by atoms with Crippen LogP contribution >= 0.6 is 0 Å². The summed E-state index contributed by atoms with van der Waals surface area (Å²) >= 11 is 0. The average molecular weight is 391 g/mol. The number of nitrogens with one attached hydrogen (secondary N) is 1. The van der Waals surface area contributed by atoms with Gasteiger partial charge < -0.3 is 19.9 Å². The molecule has 6 nitrogen and oxygen atoms in total. The number of carboxylic acid groups (broad SMARTS) is 1. The number of alkyl carbamates (subject to hydrolysis) is 1. The molecule has 1 aromatic rings. The van der Waals surface area contributed by atoms with Crippen molar-refractivity contribution >= 4 is 12.1 Å². The van der Waals surface area contributed by atoms with Crippen LogP contribution in [0.2, 0.25) is 0 Å². The molecule has 152 valence electrons. The normalized spacial score (nSPS) is 13.0. The largest absolute Gasteiger partial charge is 0.493 e. The van der Waals surface area contributed by atoms with E-state index >= 15 is 0 Å². The van der Waals surface area contributed by atoms with Gasteiger partial charge >= 0.3 is 18.2 Å². The minimum absolute atomic E-state index is 0.0504. The van der Waals surface area contributed by atoms with Gasteiger partial charge in [-0.3, -0.25) is 4.79 Å². The van der Waals surface area contributed by atoms with Crippen molar-refractivity contribution in [1.82, 2.24) is 5.32 Å². The van der Waals surface area contributed by atoms with Crippen molar-refractivity contribution in [3.8, 4) is 5.75 Å². The molecule has 1 atom stereocenters. The molecule has 0 saturated carbocycles. The molecular weight excluding hydrogens is 367 g/mol. The molecule has 27 heavy (non-hydrogen) atoms. The average Bonchev–Trinajstić information content (AvgIpc) is 2.48. The van der Waals surface area contributed by atoms with Crippen molar-refractivity contribution in [2.75, 3.05) is 6.61 Å². The predicted molar refractivity (Wildman–Crippen MR) is 91.6 cm³/mol. The summed E-state index contributed by atoms with van der Waals surface area (Å²) in [6.45, 7) is 6.30. The van der Waals surface area contributed by atoms with Gasteiger partial charge in [0.05, 0.1) is 18.2 Å². The van der Waals surface area contributed by atoms with Crippen molar-refractivity contribution < 1.29 is 37.3 Å². The number of alkyl halides is 3. The van der Waals surface area contributed by atoms with E-state index in [4.69, 9.17) is 14.6 Å². The standard InChI is InChI=1S/C18H24F3NO5/c1-11(22-16(25)27-17(2,3)4)12-7-5-8-13(18(19,20)21)15(12)26-10-6-9-14(23)24/h5,7-8,11H,6,9-10H2,1-4H3,(H,22,25)(H,23,24). The fourth-order valence-electron chi connectivity index (χ4n) is 2.24. The van der Waals surface area contributed by atoms with Gasteiger partial charge in [0.15, 0.2) is 0 Å². The van der Waals surface area contributed by atoms with Crippen LogP contribution in [0.4, 0.5) is 18.0 Å². The number of aliphatic carboxylic acids is 1. The molecule has 0 aromatic heterocycles. The molecule has 0 fully saturated rings. The van der Waals surface area contributed by atoms with E-state index in [1.165, 1.54) is 19.1 Å². The third-order valence-electron chi connectivity index (χ3n) is 3.33. The van der Waals surface area contributed by atoms with Gasteiger partial charge in [0.1, 0.15) is 11.4 Å². The lowest BCUT2D eigenvalue weighted by molar-refractivity contribution is -0.140. The third-order valence-corrected chi connectivity index (χ3v) is 3.33. The van der Waals surface area contributed by atoms with E-state index < -0.39 is 41.2 Å². The highest BCUT2D eigenvalue weighted by molar-refractivity contribution is 5.68. The molecule has 0 aliphatic carbocycles. The number of benzene rings is 1. The molecule has 0 aliphatic heterocycles. The van der Waals surface area contributed by atoms with Crippen LogP contribution in [0.25, 0.3) is 0 Å². The van der Waals surface area contributed by atoms with Gasteiger partial charge in [0.2, 0.25) is 0 Å². The molecule has 1 amide bonds. The van der Waals surface area contributed by atoms with E-state index in [1.54, 1.807) is 20.8 Å². The first-order chi connectivity index (χ1) is 12.3. The highest BCUT2D eigenvalue weighted by Crippen LogP contribution is 2.40. The first kappa shape index (κ1) is 22.6. The molecule has 1 aromatic carbocycles. The molecule has 0 aliphatic rings. The fourth-order valence-corrected chi connectivity index (χ4v) is 2.24. The molecule has 0 saturated heterocycles. The second-order valence-corrected chi connectivity index (χ2v) is 6.94. The van der Waals surface area contributed by atoms with E-state index in [1.807, 2.05) is 0 Å². The summed E-state index contributed by atoms with van der Waals surface area (Å²) in [4.78, 5) is 22.5. The second-order valence-electron chi connectivity index (χ2n) is 6.94. The SMILES string of the molecule is CC(NC(=O)OC(C)(C)C)c1cccc(C(F)(F)F)c1OCCCC(=O)O. The summed E-state index contributed by atoms with van der Waals surface area (Å²) in [5, 5.41) is 11.1. The van der Waals surface area contributed by atoms with Gasteiger partial charge in [-0.05, 0) is 40.2 Å². The Morgan fingerprint density at radius 2 is 1.85 bits per heavy atom. The number of rotatable bonds is 7. The van der Waals surface area contributed by atoms with E-state index in [9.17, 15) is 22.8 Å². The maximum Gasteiger partial charge on any atom is 0.419 e. The number of carbonyl (C=O) groups is 2. The van der Waals surface area contributed by atoms with Gasteiger partial charge in [-0.1, -0.05) is 12.1 Å². The minimum atomic E-state index is -4.66. The molecular formula is C18H24F3NO5. The Labute approximate surface area is 155 Å². The van der Waals surface area contributed by atoms with Crippen molar-refractivity contribution in [1.29, 1.82) is 0 Å². The highest BCUT2D eigenvalue weighted by Gasteiger charge is 2.36. The van der Waals surface area contributed by atoms with Crippen LogP contribution < -0.4 is 10.1 Å². The van der Waals surface area contributed by atoms with Gasteiger partial charge in [0.25, 0.3) is 0 Å². The van der Waals surface area contributed by atoms with Crippen molar-refractivity contribution in [2.45, 2.75) is 58.4 Å². The Bertz CT molecular complexity index is 668.